The van der Waals surface area contributed by atoms with Gasteiger partial charge in [0.1, 0.15) is 11.6 Å². The predicted molar refractivity (Wildman–Crippen MR) is 167 cm³/mol. The highest BCUT2D eigenvalue weighted by Crippen LogP contribution is 2.46. The van der Waals surface area contributed by atoms with Crippen LogP contribution < -0.4 is 4.74 Å². The fraction of sp³-hybridized carbons (Fsp3) is 0.0769. The summed E-state index contributed by atoms with van der Waals surface area (Å²) in [4.78, 5) is 0. The van der Waals surface area contributed by atoms with Crippen molar-refractivity contribution in [1.29, 1.82) is 0 Å². The summed E-state index contributed by atoms with van der Waals surface area (Å²) in [7, 11) is 0. The second-order valence-corrected chi connectivity index (χ2v) is 10.6. The molecule has 0 amide bonds. The maximum atomic E-state index is 13.9. The first kappa shape index (κ1) is 25.0. The Hall–Kier alpha value is -4.95. The van der Waals surface area contributed by atoms with E-state index in [0.717, 1.165) is 45.4 Å². The highest BCUT2D eigenvalue weighted by molar-refractivity contribution is 6.03. The van der Waals surface area contributed by atoms with E-state index < -0.39 is 5.60 Å². The fourth-order valence-corrected chi connectivity index (χ4v) is 5.91. The van der Waals surface area contributed by atoms with Gasteiger partial charge in [-0.05, 0) is 75.4 Å². The zero-order valence-corrected chi connectivity index (χ0v) is 22.8. The van der Waals surface area contributed by atoms with Crippen molar-refractivity contribution in [2.24, 2.45) is 0 Å². The maximum Gasteiger partial charge on any atom is 0.178 e. The summed E-state index contributed by atoms with van der Waals surface area (Å²) in [6, 6.07) is 45.0. The number of halogens is 1. The lowest BCUT2D eigenvalue weighted by atomic mass is 9.82. The van der Waals surface area contributed by atoms with Crippen LogP contribution in [0.15, 0.2) is 140 Å². The minimum Gasteiger partial charge on any atom is -0.473 e. The van der Waals surface area contributed by atoms with E-state index in [2.05, 4.69) is 110 Å². The molecular formula is C39H29FO. The highest BCUT2D eigenvalue weighted by atomic mass is 19.1. The molecule has 0 bridgehead atoms. The van der Waals surface area contributed by atoms with Gasteiger partial charge in [-0.3, -0.25) is 0 Å². The first-order valence-corrected chi connectivity index (χ1v) is 14.1. The lowest BCUT2D eigenvalue weighted by Crippen LogP contribution is -2.34. The molecular weight excluding hydrogens is 503 g/mol. The summed E-state index contributed by atoms with van der Waals surface area (Å²) < 4.78 is 21.0. The third kappa shape index (κ3) is 4.42. The number of rotatable bonds is 5. The molecule has 1 aliphatic heterocycles. The molecule has 1 atom stereocenters. The molecule has 1 heterocycles. The zero-order valence-electron chi connectivity index (χ0n) is 22.8. The molecule has 6 aromatic rings. The van der Waals surface area contributed by atoms with Crippen LogP contribution in [-0.2, 0) is 12.0 Å². The number of aryl methyl sites for hydroxylation is 1. The Morgan fingerprint density at radius 3 is 1.88 bits per heavy atom. The van der Waals surface area contributed by atoms with Crippen LogP contribution in [0.3, 0.4) is 0 Å². The number of benzene rings is 6. The Morgan fingerprint density at radius 1 is 0.610 bits per heavy atom. The van der Waals surface area contributed by atoms with Crippen molar-refractivity contribution >= 4 is 16.8 Å². The van der Waals surface area contributed by atoms with Gasteiger partial charge in [-0.1, -0.05) is 122 Å². The van der Waals surface area contributed by atoms with Gasteiger partial charge in [0.15, 0.2) is 5.60 Å². The smallest absolute Gasteiger partial charge is 0.178 e. The number of fused-ring (bicyclic) bond motifs is 3. The summed E-state index contributed by atoms with van der Waals surface area (Å²) in [6.07, 6.45) is 5.29. The minimum atomic E-state index is -0.879. The fourth-order valence-electron chi connectivity index (χ4n) is 5.91. The molecule has 0 saturated carbocycles. The van der Waals surface area contributed by atoms with Crippen LogP contribution in [0, 0.1) is 5.82 Å². The van der Waals surface area contributed by atoms with Crippen molar-refractivity contribution in [1.82, 2.24) is 0 Å². The van der Waals surface area contributed by atoms with Crippen LogP contribution in [0.4, 0.5) is 4.39 Å². The lowest BCUT2D eigenvalue weighted by Gasteiger charge is -2.36. The monoisotopic (exact) mass is 532 g/mol. The molecule has 7 rings (SSSR count). The Balaban J connectivity index is 1.36. The summed E-state index contributed by atoms with van der Waals surface area (Å²) >= 11 is 0. The molecule has 1 aliphatic rings. The van der Waals surface area contributed by atoms with Crippen LogP contribution in [0.2, 0.25) is 0 Å². The average molecular weight is 533 g/mol. The van der Waals surface area contributed by atoms with Crippen LogP contribution in [-0.4, -0.2) is 0 Å². The zero-order chi connectivity index (χ0) is 27.8. The second kappa shape index (κ2) is 10.2. The van der Waals surface area contributed by atoms with Crippen molar-refractivity contribution in [2.75, 3.05) is 0 Å². The largest absolute Gasteiger partial charge is 0.473 e. The van der Waals surface area contributed by atoms with Gasteiger partial charge >= 0.3 is 0 Å². The van der Waals surface area contributed by atoms with Crippen molar-refractivity contribution in [3.63, 3.8) is 0 Å². The van der Waals surface area contributed by atoms with E-state index in [1.54, 1.807) is 0 Å². The number of hydrogen-bond donors (Lipinski definition) is 0. The van der Waals surface area contributed by atoms with E-state index in [4.69, 9.17) is 4.74 Å². The number of ether oxygens (including phenoxy) is 1. The molecule has 0 fully saturated rings. The molecule has 0 aromatic heterocycles. The van der Waals surface area contributed by atoms with Crippen LogP contribution >= 0.6 is 0 Å². The molecule has 0 aliphatic carbocycles. The van der Waals surface area contributed by atoms with Crippen molar-refractivity contribution in [2.45, 2.75) is 18.9 Å². The van der Waals surface area contributed by atoms with Crippen molar-refractivity contribution in [3.05, 3.63) is 168 Å². The van der Waals surface area contributed by atoms with Crippen LogP contribution in [0.25, 0.3) is 39.1 Å². The maximum absolute atomic E-state index is 13.9. The summed E-state index contributed by atoms with van der Waals surface area (Å²) in [5.74, 6) is 0.531. The number of hydrogen-bond acceptors (Lipinski definition) is 1. The predicted octanol–water partition coefficient (Wildman–Crippen LogP) is 10.2. The quantitative estimate of drug-likeness (QED) is 0.215. The summed E-state index contributed by atoms with van der Waals surface area (Å²) in [5, 5.41) is 2.31. The summed E-state index contributed by atoms with van der Waals surface area (Å²) in [6.45, 7) is 2.18. The van der Waals surface area contributed by atoms with E-state index in [0.29, 0.717) is 0 Å². The molecule has 1 unspecified atom stereocenters. The minimum absolute atomic E-state index is 0.268. The van der Waals surface area contributed by atoms with E-state index in [-0.39, 0.29) is 5.82 Å². The SMILES string of the molecule is CCc1ccc(-c2ccc(-c3cc4c(c5ccccc35)C=CC(c3ccccc3)(c3ccc(F)cc3)O4)cc2)cc1. The first-order valence-electron chi connectivity index (χ1n) is 14.1. The molecule has 198 valence electrons. The van der Waals surface area contributed by atoms with E-state index in [9.17, 15) is 4.39 Å². The third-order valence-electron chi connectivity index (χ3n) is 8.17. The van der Waals surface area contributed by atoms with Gasteiger partial charge < -0.3 is 4.74 Å². The molecule has 41 heavy (non-hydrogen) atoms. The van der Waals surface area contributed by atoms with Gasteiger partial charge in [-0.15, -0.1) is 0 Å². The summed E-state index contributed by atoms with van der Waals surface area (Å²) in [5.41, 5.74) is 8.02. The van der Waals surface area contributed by atoms with Crippen molar-refractivity contribution < 1.29 is 9.13 Å². The second-order valence-electron chi connectivity index (χ2n) is 10.6. The molecule has 2 heteroatoms. The van der Waals surface area contributed by atoms with Crippen LogP contribution in [0.1, 0.15) is 29.2 Å². The standard InChI is InChI=1S/C39H29FO/c1-2-27-12-14-28(15-13-27)29-16-18-30(19-17-29)37-26-38-36(34-10-6-7-11-35(34)37)24-25-39(41-38,31-8-4-3-5-9-31)32-20-22-33(40)23-21-32/h3-26H,2H2,1H3. The Labute approximate surface area is 240 Å². The molecule has 0 saturated heterocycles. The van der Waals surface area contributed by atoms with E-state index in [1.165, 1.54) is 34.2 Å². The Bertz CT molecular complexity index is 1870. The topological polar surface area (TPSA) is 9.23 Å². The van der Waals surface area contributed by atoms with Gasteiger partial charge in [0.2, 0.25) is 0 Å². The Kier molecular flexibility index (Phi) is 6.24. The average Bonchev–Trinajstić information content (AvgIpc) is 3.05. The lowest BCUT2D eigenvalue weighted by molar-refractivity contribution is 0.161. The van der Waals surface area contributed by atoms with Gasteiger partial charge in [-0.2, -0.15) is 0 Å². The molecule has 6 aromatic carbocycles. The first-order chi connectivity index (χ1) is 20.1. The van der Waals surface area contributed by atoms with Gasteiger partial charge in [0.05, 0.1) is 0 Å². The van der Waals surface area contributed by atoms with Gasteiger partial charge in [0.25, 0.3) is 0 Å². The molecule has 0 radical (unpaired) electrons. The van der Waals surface area contributed by atoms with E-state index >= 15 is 0 Å². The van der Waals surface area contributed by atoms with Gasteiger partial charge in [0, 0.05) is 16.7 Å². The Morgan fingerprint density at radius 2 is 1.20 bits per heavy atom. The van der Waals surface area contributed by atoms with Gasteiger partial charge in [-0.25, -0.2) is 4.39 Å². The molecule has 1 nitrogen and oxygen atoms in total. The van der Waals surface area contributed by atoms with E-state index in [1.807, 2.05) is 30.3 Å². The van der Waals surface area contributed by atoms with Crippen molar-refractivity contribution in [3.8, 4) is 28.0 Å². The third-order valence-corrected chi connectivity index (χ3v) is 8.17. The highest BCUT2D eigenvalue weighted by Gasteiger charge is 2.37. The van der Waals surface area contributed by atoms with Crippen LogP contribution in [0.5, 0.6) is 5.75 Å². The normalized spacial score (nSPS) is 15.9. The molecule has 0 N–H and O–H groups in total. The molecule has 0 spiro atoms.